The van der Waals surface area contributed by atoms with Crippen molar-refractivity contribution in [1.29, 1.82) is 0 Å². The number of rotatable bonds is 8. The zero-order valence-electron chi connectivity index (χ0n) is 23.6. The van der Waals surface area contributed by atoms with E-state index in [-0.39, 0.29) is 12.0 Å². The minimum Gasteiger partial charge on any atom is -0.495 e. The second kappa shape index (κ2) is 11.8. The van der Waals surface area contributed by atoms with Crippen LogP contribution in [-0.2, 0) is 4.79 Å². The highest BCUT2D eigenvalue weighted by Crippen LogP contribution is 2.39. The molecule has 1 fully saturated rings. The van der Waals surface area contributed by atoms with Gasteiger partial charge in [-0.1, -0.05) is 18.7 Å². The Balaban J connectivity index is 1.30. The molecule has 6 rings (SSSR count). The van der Waals surface area contributed by atoms with Crippen LogP contribution in [0.4, 0.5) is 22.9 Å². The second-order valence-corrected chi connectivity index (χ2v) is 10.1. The van der Waals surface area contributed by atoms with E-state index in [9.17, 15) is 4.79 Å². The first-order valence-electron chi connectivity index (χ1n) is 13.8. The van der Waals surface area contributed by atoms with Gasteiger partial charge in [-0.3, -0.25) is 9.79 Å². The molecule has 0 atom stereocenters. The van der Waals surface area contributed by atoms with Gasteiger partial charge in [-0.25, -0.2) is 9.97 Å². The molecule has 2 aliphatic heterocycles. The molecule has 2 N–H and O–H groups in total. The maximum Gasteiger partial charge on any atom is 0.245 e. The average molecular weight is 565 g/mol. The number of hydrogen-bond acceptors (Lipinski definition) is 9. The molecule has 2 aliphatic rings. The van der Waals surface area contributed by atoms with Gasteiger partial charge in [0.15, 0.2) is 11.5 Å². The lowest BCUT2D eigenvalue weighted by atomic mass is 10.0. The van der Waals surface area contributed by atoms with E-state index < -0.39 is 0 Å². The molecular formula is C32H32N6O4. The summed E-state index contributed by atoms with van der Waals surface area (Å²) in [4.78, 5) is 27.3. The summed E-state index contributed by atoms with van der Waals surface area (Å²) < 4.78 is 17.7. The lowest BCUT2D eigenvalue weighted by molar-refractivity contribution is -0.127. The van der Waals surface area contributed by atoms with Crippen LogP contribution in [0.3, 0.4) is 0 Å². The minimum absolute atomic E-state index is 0.0541. The van der Waals surface area contributed by atoms with E-state index >= 15 is 0 Å². The summed E-state index contributed by atoms with van der Waals surface area (Å²) in [6.45, 7) is 5.52. The number of hydrogen-bond donors (Lipinski definition) is 2. The molecule has 0 aliphatic carbocycles. The predicted molar refractivity (Wildman–Crippen MR) is 165 cm³/mol. The summed E-state index contributed by atoms with van der Waals surface area (Å²) in [5, 5.41) is 7.61. The minimum atomic E-state index is -0.0557. The van der Waals surface area contributed by atoms with Crippen LogP contribution < -0.4 is 24.8 Å². The number of ether oxygens (including phenoxy) is 3. The molecule has 0 bridgehead atoms. The van der Waals surface area contributed by atoms with Crippen LogP contribution in [0.1, 0.15) is 12.8 Å². The van der Waals surface area contributed by atoms with Crippen molar-refractivity contribution >= 4 is 45.9 Å². The number of aliphatic imine (C=N–C) groups is 1. The summed E-state index contributed by atoms with van der Waals surface area (Å²) in [6.07, 6.45) is 6.11. The first-order chi connectivity index (χ1) is 20.6. The molecule has 10 nitrogen and oxygen atoms in total. The maximum atomic E-state index is 12.0. The van der Waals surface area contributed by atoms with Crippen LogP contribution in [0.2, 0.25) is 0 Å². The normalized spacial score (nSPS) is 14.6. The molecule has 1 saturated heterocycles. The molecule has 214 valence electrons. The number of aromatic nitrogens is 2. The fourth-order valence-corrected chi connectivity index (χ4v) is 5.30. The van der Waals surface area contributed by atoms with Gasteiger partial charge in [0.25, 0.3) is 0 Å². The Bertz CT molecular complexity index is 1680. The first kappa shape index (κ1) is 27.1. The Morgan fingerprint density at radius 2 is 1.79 bits per heavy atom. The Kier molecular flexibility index (Phi) is 7.59. The van der Waals surface area contributed by atoms with E-state index in [1.54, 1.807) is 19.1 Å². The quantitative estimate of drug-likeness (QED) is 0.261. The van der Waals surface area contributed by atoms with Crippen LogP contribution in [0.5, 0.6) is 17.2 Å². The largest absolute Gasteiger partial charge is 0.495 e. The van der Waals surface area contributed by atoms with Gasteiger partial charge in [0, 0.05) is 43.6 Å². The molecule has 3 heterocycles. The van der Waals surface area contributed by atoms with Gasteiger partial charge in [-0.05, 0) is 47.5 Å². The summed E-state index contributed by atoms with van der Waals surface area (Å²) in [7, 11) is 3.25. The van der Waals surface area contributed by atoms with Gasteiger partial charge in [0.1, 0.15) is 24.0 Å². The van der Waals surface area contributed by atoms with Gasteiger partial charge in [-0.15, -0.1) is 0 Å². The number of benzene rings is 3. The zero-order chi connectivity index (χ0) is 29.1. The lowest BCUT2D eigenvalue weighted by Crippen LogP contribution is -2.41. The number of amides is 1. The number of piperidine rings is 1. The molecule has 3 aromatic carbocycles. The topological polar surface area (TPSA) is 110 Å². The van der Waals surface area contributed by atoms with Gasteiger partial charge >= 0.3 is 0 Å². The number of carbonyl (C=O) groups is 1. The molecule has 0 spiro atoms. The second-order valence-electron chi connectivity index (χ2n) is 10.1. The van der Waals surface area contributed by atoms with Crippen molar-refractivity contribution in [2.24, 2.45) is 4.99 Å². The Labute approximate surface area is 244 Å². The van der Waals surface area contributed by atoms with Crippen molar-refractivity contribution in [3.8, 4) is 28.4 Å². The monoisotopic (exact) mass is 564 g/mol. The van der Waals surface area contributed by atoms with Crippen LogP contribution >= 0.6 is 0 Å². The van der Waals surface area contributed by atoms with E-state index in [1.165, 1.54) is 12.4 Å². The summed E-state index contributed by atoms with van der Waals surface area (Å²) in [5.74, 6) is 2.41. The summed E-state index contributed by atoms with van der Waals surface area (Å²) in [5.41, 5.74) is 5.46. The summed E-state index contributed by atoms with van der Waals surface area (Å²) in [6, 6.07) is 15.9. The molecule has 0 unspecified atom stereocenters. The predicted octanol–water partition coefficient (Wildman–Crippen LogP) is 5.74. The van der Waals surface area contributed by atoms with Crippen molar-refractivity contribution in [2.45, 2.75) is 18.9 Å². The number of methoxy groups -OCH3 is 2. The van der Waals surface area contributed by atoms with Crippen molar-refractivity contribution in [1.82, 2.24) is 14.9 Å². The zero-order valence-corrected chi connectivity index (χ0v) is 23.6. The number of likely N-dealkylation sites (tertiary alicyclic amines) is 1. The number of anilines is 3. The van der Waals surface area contributed by atoms with Crippen LogP contribution in [0.15, 0.2) is 72.5 Å². The molecule has 1 aromatic heterocycles. The van der Waals surface area contributed by atoms with Crippen molar-refractivity contribution < 1.29 is 19.0 Å². The first-order valence-corrected chi connectivity index (χ1v) is 13.8. The third-order valence-corrected chi connectivity index (χ3v) is 7.54. The Morgan fingerprint density at radius 1 is 1.00 bits per heavy atom. The fraction of sp³-hybridized carbons (Fsp3) is 0.250. The maximum absolute atomic E-state index is 12.0. The Morgan fingerprint density at radius 3 is 2.57 bits per heavy atom. The molecule has 4 aromatic rings. The Hall–Kier alpha value is -5.12. The number of carbonyl (C=O) groups excluding carboxylic acids is 1. The summed E-state index contributed by atoms with van der Waals surface area (Å²) >= 11 is 0. The van der Waals surface area contributed by atoms with Gasteiger partial charge in [0.05, 0.1) is 43.3 Å². The lowest BCUT2D eigenvalue weighted by Gasteiger charge is -2.31. The average Bonchev–Trinajstić information content (AvgIpc) is 3.04. The van der Waals surface area contributed by atoms with Gasteiger partial charge in [0.2, 0.25) is 5.91 Å². The van der Waals surface area contributed by atoms with Gasteiger partial charge < -0.3 is 29.7 Å². The van der Waals surface area contributed by atoms with E-state index in [4.69, 9.17) is 14.2 Å². The van der Waals surface area contributed by atoms with Crippen molar-refractivity contribution in [2.75, 3.05) is 44.5 Å². The fourth-order valence-electron chi connectivity index (χ4n) is 5.30. The molecule has 42 heavy (non-hydrogen) atoms. The molecular weight excluding hydrogens is 532 g/mol. The smallest absolute Gasteiger partial charge is 0.245 e. The van der Waals surface area contributed by atoms with Crippen LogP contribution in [0.25, 0.3) is 22.0 Å². The third kappa shape index (κ3) is 5.43. The van der Waals surface area contributed by atoms with Crippen LogP contribution in [-0.4, -0.2) is 66.9 Å². The van der Waals surface area contributed by atoms with Crippen LogP contribution in [0, 0.1) is 0 Å². The molecule has 1 amide bonds. The highest BCUT2D eigenvalue weighted by molar-refractivity contribution is 5.94. The van der Waals surface area contributed by atoms with E-state index in [2.05, 4.69) is 44.3 Å². The standard InChI is InChI=1S/C32H32N6O4/c1-4-31(39)38-13-9-22(10-14-38)42-30-17-23-25(18-29(30)41-3)35-19-36-32(23)37-27-16-21(6-8-28(27)40-2)20-5-7-24-26(15-20)34-12-11-33-24/h4-8,11,15-19,22,34H,1,9-10,12-14H2,2-3H3,(H,35,36,37). The molecule has 0 saturated carbocycles. The number of fused-ring (bicyclic) bond motifs is 2. The van der Waals surface area contributed by atoms with Gasteiger partial charge in [-0.2, -0.15) is 0 Å². The molecule has 0 radical (unpaired) electrons. The van der Waals surface area contributed by atoms with E-state index in [0.717, 1.165) is 33.6 Å². The van der Waals surface area contributed by atoms with E-state index in [1.807, 2.05) is 42.6 Å². The SMILES string of the molecule is C=CC(=O)N1CCC(Oc2cc3c(Nc4cc(-c5ccc6c(c5)NCC=N6)ccc4OC)ncnc3cc2OC)CC1. The molecule has 10 heteroatoms. The van der Waals surface area contributed by atoms with E-state index in [0.29, 0.717) is 61.1 Å². The van der Waals surface area contributed by atoms with Crippen molar-refractivity contribution in [3.63, 3.8) is 0 Å². The number of nitrogens with one attached hydrogen (secondary N) is 2. The highest BCUT2D eigenvalue weighted by Gasteiger charge is 2.24. The van der Waals surface area contributed by atoms with Crippen molar-refractivity contribution in [3.05, 3.63) is 67.5 Å². The highest BCUT2D eigenvalue weighted by atomic mass is 16.5. The third-order valence-electron chi connectivity index (χ3n) is 7.54. The number of nitrogens with zero attached hydrogens (tertiary/aromatic N) is 4.